The summed E-state index contributed by atoms with van der Waals surface area (Å²) in [6.45, 7) is 2.04. The third kappa shape index (κ3) is 4.90. The zero-order valence-electron chi connectivity index (χ0n) is 17.1. The Morgan fingerprint density at radius 1 is 1.00 bits per heavy atom. The average molecular weight is 443 g/mol. The zero-order chi connectivity index (χ0) is 21.7. The highest BCUT2D eigenvalue weighted by Gasteiger charge is 2.28. The van der Waals surface area contributed by atoms with Crippen LogP contribution in [0.25, 0.3) is 10.9 Å². The molecule has 3 aromatic rings. The molecule has 3 N–H and O–H groups in total. The Labute approximate surface area is 181 Å². The number of aromatic amines is 1. The Morgan fingerprint density at radius 2 is 1.74 bits per heavy atom. The Balaban J connectivity index is 1.33. The summed E-state index contributed by atoms with van der Waals surface area (Å²) >= 11 is 0. The molecule has 2 aromatic carbocycles. The lowest BCUT2D eigenvalue weighted by atomic mass is 10.1. The minimum Gasteiger partial charge on any atom is -0.379 e. The fourth-order valence-corrected chi connectivity index (χ4v) is 5.34. The zero-order valence-corrected chi connectivity index (χ0v) is 18.0. The van der Waals surface area contributed by atoms with Gasteiger partial charge in [-0.2, -0.15) is 4.31 Å². The van der Waals surface area contributed by atoms with E-state index in [2.05, 4.69) is 15.6 Å². The first-order valence-corrected chi connectivity index (χ1v) is 11.7. The van der Waals surface area contributed by atoms with Crippen molar-refractivity contribution in [2.24, 2.45) is 0 Å². The minimum atomic E-state index is -3.63. The number of ether oxygens (including phenoxy) is 1. The highest BCUT2D eigenvalue weighted by Crippen LogP contribution is 2.21. The second kappa shape index (κ2) is 9.51. The highest BCUT2D eigenvalue weighted by molar-refractivity contribution is 7.89. The van der Waals surface area contributed by atoms with Gasteiger partial charge in [0.2, 0.25) is 10.0 Å². The summed E-state index contributed by atoms with van der Waals surface area (Å²) in [5.74, 6) is 0. The van der Waals surface area contributed by atoms with E-state index in [4.69, 9.17) is 4.74 Å². The number of H-pyrrole nitrogens is 1. The fourth-order valence-electron chi connectivity index (χ4n) is 3.71. The number of morpholine rings is 1. The first-order chi connectivity index (χ1) is 15.1. The van der Waals surface area contributed by atoms with E-state index in [-0.39, 0.29) is 17.5 Å². The van der Waals surface area contributed by atoms with Crippen LogP contribution in [0.15, 0.2) is 59.6 Å². The second-order valence-electron chi connectivity index (χ2n) is 7.34. The topological polar surface area (TPSA) is 104 Å². The second-order valence-corrected chi connectivity index (χ2v) is 9.25. The largest absolute Gasteiger partial charge is 0.379 e. The van der Waals surface area contributed by atoms with Crippen molar-refractivity contribution in [3.63, 3.8) is 0 Å². The van der Waals surface area contributed by atoms with Gasteiger partial charge in [0.05, 0.1) is 18.1 Å². The maximum Gasteiger partial charge on any atom is 0.315 e. The van der Waals surface area contributed by atoms with Gasteiger partial charge in [-0.3, -0.25) is 0 Å². The number of hydrogen-bond acceptors (Lipinski definition) is 4. The molecule has 2 heterocycles. The number of nitrogens with one attached hydrogen (secondary N) is 3. The summed E-state index contributed by atoms with van der Waals surface area (Å²) in [4.78, 5) is 15.7. The molecule has 0 radical (unpaired) electrons. The van der Waals surface area contributed by atoms with Crippen molar-refractivity contribution in [2.75, 3.05) is 32.8 Å². The number of urea groups is 1. The lowest BCUT2D eigenvalue weighted by Gasteiger charge is -2.27. The van der Waals surface area contributed by atoms with Crippen LogP contribution in [0.4, 0.5) is 4.79 Å². The maximum atomic E-state index is 13.0. The molecule has 1 saturated heterocycles. The van der Waals surface area contributed by atoms with Crippen LogP contribution in [0.1, 0.15) is 11.1 Å². The van der Waals surface area contributed by atoms with Crippen LogP contribution >= 0.6 is 0 Å². The molecule has 4 rings (SSSR count). The van der Waals surface area contributed by atoms with Crippen molar-refractivity contribution in [3.05, 3.63) is 65.9 Å². The monoisotopic (exact) mass is 442 g/mol. The molecule has 2 amide bonds. The molecule has 0 saturated carbocycles. The fraction of sp³-hybridized carbons (Fsp3) is 0.318. The van der Waals surface area contributed by atoms with Gasteiger partial charge in [-0.1, -0.05) is 36.4 Å². The number of carbonyl (C=O) groups excluding carboxylic acids is 1. The third-order valence-corrected chi connectivity index (χ3v) is 7.35. The number of benzene rings is 2. The molecule has 31 heavy (non-hydrogen) atoms. The predicted octanol–water partition coefficient (Wildman–Crippen LogP) is 2.23. The van der Waals surface area contributed by atoms with E-state index in [1.54, 1.807) is 24.3 Å². The molecule has 0 unspecified atom stereocenters. The van der Waals surface area contributed by atoms with Gasteiger partial charge in [0, 0.05) is 43.3 Å². The summed E-state index contributed by atoms with van der Waals surface area (Å²) < 4.78 is 32.7. The quantitative estimate of drug-likeness (QED) is 0.522. The number of amides is 2. The van der Waals surface area contributed by atoms with Gasteiger partial charge in [-0.15, -0.1) is 0 Å². The van der Waals surface area contributed by atoms with Crippen molar-refractivity contribution >= 4 is 27.0 Å². The molecular formula is C22H26N4O4S. The Bertz CT molecular complexity index is 1150. The van der Waals surface area contributed by atoms with Gasteiger partial charge in [0.15, 0.2) is 0 Å². The highest BCUT2D eigenvalue weighted by atomic mass is 32.2. The van der Waals surface area contributed by atoms with Gasteiger partial charge in [0.25, 0.3) is 0 Å². The van der Waals surface area contributed by atoms with Crippen LogP contribution in [0.5, 0.6) is 0 Å². The number of carbonyl (C=O) groups is 1. The van der Waals surface area contributed by atoms with Gasteiger partial charge < -0.3 is 20.4 Å². The van der Waals surface area contributed by atoms with Crippen molar-refractivity contribution in [2.45, 2.75) is 17.9 Å². The molecule has 1 aliphatic rings. The number of fused-ring (bicyclic) bond motifs is 1. The SMILES string of the molecule is O=C(NCCc1c[nH]c2ccccc12)NCc1ccccc1S(=O)(=O)N1CCOCC1. The first kappa shape index (κ1) is 21.4. The van der Waals surface area contributed by atoms with Gasteiger partial charge in [-0.05, 0) is 29.7 Å². The molecule has 164 valence electrons. The molecule has 1 aliphatic heterocycles. The molecular weight excluding hydrogens is 416 g/mol. The number of aromatic nitrogens is 1. The van der Waals surface area contributed by atoms with Crippen LogP contribution in [0.3, 0.4) is 0 Å². The van der Waals surface area contributed by atoms with Gasteiger partial charge >= 0.3 is 6.03 Å². The molecule has 0 spiro atoms. The summed E-state index contributed by atoms with van der Waals surface area (Å²) in [6, 6.07) is 14.5. The Kier molecular flexibility index (Phi) is 6.55. The number of sulfonamides is 1. The molecule has 0 atom stereocenters. The van der Waals surface area contributed by atoms with Crippen LogP contribution < -0.4 is 10.6 Å². The number of hydrogen-bond donors (Lipinski definition) is 3. The van der Waals surface area contributed by atoms with Crippen molar-refractivity contribution < 1.29 is 17.9 Å². The first-order valence-electron chi connectivity index (χ1n) is 10.3. The number of para-hydroxylation sites is 1. The predicted molar refractivity (Wildman–Crippen MR) is 118 cm³/mol. The Morgan fingerprint density at radius 3 is 2.58 bits per heavy atom. The number of nitrogens with zero attached hydrogens (tertiary/aromatic N) is 1. The van der Waals surface area contributed by atoms with Crippen molar-refractivity contribution in [1.82, 2.24) is 19.9 Å². The van der Waals surface area contributed by atoms with E-state index in [9.17, 15) is 13.2 Å². The van der Waals surface area contributed by atoms with Crippen LogP contribution in [-0.2, 0) is 27.7 Å². The molecule has 1 aromatic heterocycles. The van der Waals surface area contributed by atoms with Crippen molar-refractivity contribution in [3.8, 4) is 0 Å². The summed E-state index contributed by atoms with van der Waals surface area (Å²) in [6.07, 6.45) is 2.65. The molecule has 0 aliphatic carbocycles. The van der Waals surface area contributed by atoms with Crippen LogP contribution in [0.2, 0.25) is 0 Å². The van der Waals surface area contributed by atoms with E-state index in [1.165, 1.54) is 4.31 Å². The molecule has 1 fully saturated rings. The maximum absolute atomic E-state index is 13.0. The van der Waals surface area contributed by atoms with Crippen LogP contribution in [0, 0.1) is 0 Å². The van der Waals surface area contributed by atoms with E-state index in [0.717, 1.165) is 16.5 Å². The minimum absolute atomic E-state index is 0.124. The molecule has 0 bridgehead atoms. The lowest BCUT2D eigenvalue weighted by Crippen LogP contribution is -2.41. The van der Waals surface area contributed by atoms with Gasteiger partial charge in [0.1, 0.15) is 0 Å². The van der Waals surface area contributed by atoms with E-state index in [1.807, 2.05) is 30.5 Å². The van der Waals surface area contributed by atoms with Crippen molar-refractivity contribution in [1.29, 1.82) is 0 Å². The summed E-state index contributed by atoms with van der Waals surface area (Å²) in [5.41, 5.74) is 2.76. The Hall–Kier alpha value is -2.88. The van der Waals surface area contributed by atoms with Crippen LogP contribution in [-0.4, -0.2) is 56.6 Å². The third-order valence-electron chi connectivity index (χ3n) is 5.35. The summed E-state index contributed by atoms with van der Waals surface area (Å²) in [7, 11) is -3.63. The lowest BCUT2D eigenvalue weighted by molar-refractivity contribution is 0.0730. The normalized spacial score (nSPS) is 15.1. The molecule has 8 nitrogen and oxygen atoms in total. The van der Waals surface area contributed by atoms with E-state index < -0.39 is 10.0 Å². The molecule has 9 heteroatoms. The van der Waals surface area contributed by atoms with E-state index in [0.29, 0.717) is 44.8 Å². The average Bonchev–Trinajstić information content (AvgIpc) is 3.21. The summed E-state index contributed by atoms with van der Waals surface area (Å²) in [5, 5.41) is 6.75. The number of rotatable bonds is 7. The standard InChI is InChI=1S/C22H26N4O4S/c27-22(23-10-9-17-15-24-20-7-3-2-6-19(17)20)25-16-18-5-1-4-8-21(18)31(28,29)26-11-13-30-14-12-26/h1-8,15,24H,9-14,16H2,(H2,23,25,27). The van der Waals surface area contributed by atoms with E-state index >= 15 is 0 Å². The smallest absolute Gasteiger partial charge is 0.315 e. The van der Waals surface area contributed by atoms with Gasteiger partial charge in [-0.25, -0.2) is 13.2 Å².